The van der Waals surface area contributed by atoms with Crippen molar-refractivity contribution in [2.24, 2.45) is 7.05 Å². The Kier molecular flexibility index (Phi) is 3.21. The summed E-state index contributed by atoms with van der Waals surface area (Å²) in [5.74, 6) is -1.55. The molecule has 21 heavy (non-hydrogen) atoms. The van der Waals surface area contributed by atoms with E-state index in [1.807, 2.05) is 42.1 Å². The van der Waals surface area contributed by atoms with Gasteiger partial charge in [-0.1, -0.05) is 18.2 Å². The fraction of sp³-hybridized carbons (Fsp3) is 0.267. The molecular formula is C15H14N2O4. The number of aryl methyl sites for hydroxylation is 1. The number of hydrogen-bond donors (Lipinski definition) is 0. The average Bonchev–Trinajstić information content (AvgIpc) is 2.94. The molecule has 0 saturated carbocycles. The lowest BCUT2D eigenvalue weighted by molar-refractivity contribution is -0.197. The van der Waals surface area contributed by atoms with Crippen LogP contribution in [0.5, 0.6) is 0 Å². The number of nitrogens with zero attached hydrogens (tertiary/aromatic N) is 2. The number of carbonyl (C=O) groups is 3. The molecule has 6 heteroatoms. The highest BCUT2D eigenvalue weighted by molar-refractivity contribution is 6.01. The van der Waals surface area contributed by atoms with Crippen LogP contribution in [0.25, 0.3) is 10.9 Å². The van der Waals surface area contributed by atoms with Crippen LogP contribution in [0.1, 0.15) is 18.4 Å². The van der Waals surface area contributed by atoms with E-state index in [1.54, 1.807) is 0 Å². The maximum atomic E-state index is 11.9. The standard InChI is InChI=1S/C15H14N2O4/c1-16-9-10(11-4-2-3-5-12(11)16)8-15(20)21-17-13(18)6-7-14(17)19/h2-5,9H,6-8H2,1H3. The Hall–Kier alpha value is -2.63. The van der Waals surface area contributed by atoms with Crippen molar-refractivity contribution in [3.63, 3.8) is 0 Å². The summed E-state index contributed by atoms with van der Waals surface area (Å²) in [6, 6.07) is 7.69. The number of benzene rings is 1. The predicted octanol–water partition coefficient (Wildman–Crippen LogP) is 1.33. The molecule has 0 atom stereocenters. The minimum Gasteiger partial charge on any atom is -0.350 e. The number of para-hydroxylation sites is 1. The molecule has 0 bridgehead atoms. The first-order valence-electron chi connectivity index (χ1n) is 6.66. The van der Waals surface area contributed by atoms with Gasteiger partial charge >= 0.3 is 5.97 Å². The third-order valence-electron chi connectivity index (χ3n) is 3.51. The topological polar surface area (TPSA) is 68.6 Å². The van der Waals surface area contributed by atoms with Crippen molar-refractivity contribution in [1.29, 1.82) is 0 Å². The molecule has 1 aromatic heterocycles. The van der Waals surface area contributed by atoms with Crippen LogP contribution < -0.4 is 0 Å². The Morgan fingerprint density at radius 3 is 2.57 bits per heavy atom. The maximum Gasteiger partial charge on any atom is 0.337 e. The molecule has 0 unspecified atom stereocenters. The Bertz CT molecular complexity index is 731. The lowest BCUT2D eigenvalue weighted by Crippen LogP contribution is -2.32. The van der Waals surface area contributed by atoms with E-state index < -0.39 is 17.8 Å². The van der Waals surface area contributed by atoms with E-state index in [2.05, 4.69) is 0 Å². The van der Waals surface area contributed by atoms with Crippen molar-refractivity contribution in [2.75, 3.05) is 0 Å². The first-order valence-corrected chi connectivity index (χ1v) is 6.66. The van der Waals surface area contributed by atoms with E-state index in [9.17, 15) is 14.4 Å². The molecule has 1 fully saturated rings. The third kappa shape index (κ3) is 2.40. The largest absolute Gasteiger partial charge is 0.350 e. The zero-order valence-corrected chi connectivity index (χ0v) is 11.5. The average molecular weight is 286 g/mol. The molecule has 3 rings (SSSR count). The zero-order valence-electron chi connectivity index (χ0n) is 11.5. The lowest BCUT2D eigenvalue weighted by atomic mass is 10.1. The van der Waals surface area contributed by atoms with E-state index in [1.165, 1.54) is 0 Å². The Morgan fingerprint density at radius 2 is 1.86 bits per heavy atom. The van der Waals surface area contributed by atoms with Crippen LogP contribution in [0.15, 0.2) is 30.5 Å². The van der Waals surface area contributed by atoms with E-state index in [0.29, 0.717) is 5.06 Å². The van der Waals surface area contributed by atoms with Gasteiger partial charge in [0, 0.05) is 37.0 Å². The number of rotatable bonds is 3. The molecule has 2 aromatic rings. The lowest BCUT2D eigenvalue weighted by Gasteiger charge is -2.12. The summed E-state index contributed by atoms with van der Waals surface area (Å²) in [6.07, 6.45) is 2.05. The van der Waals surface area contributed by atoms with Gasteiger partial charge in [-0.05, 0) is 11.6 Å². The van der Waals surface area contributed by atoms with Crippen molar-refractivity contribution >= 4 is 28.7 Å². The van der Waals surface area contributed by atoms with Crippen LogP contribution in [0.4, 0.5) is 0 Å². The smallest absolute Gasteiger partial charge is 0.337 e. The molecule has 0 N–H and O–H groups in total. The molecule has 0 spiro atoms. The molecule has 0 radical (unpaired) electrons. The van der Waals surface area contributed by atoms with Crippen LogP contribution in [-0.2, 0) is 32.7 Å². The molecular weight excluding hydrogens is 272 g/mol. The normalized spacial score (nSPS) is 15.0. The highest BCUT2D eigenvalue weighted by atomic mass is 16.7. The summed E-state index contributed by atoms with van der Waals surface area (Å²) in [5.41, 5.74) is 1.81. The van der Waals surface area contributed by atoms with Crippen molar-refractivity contribution in [2.45, 2.75) is 19.3 Å². The minimum absolute atomic E-state index is 0.0123. The number of fused-ring (bicyclic) bond motifs is 1. The van der Waals surface area contributed by atoms with Crippen molar-refractivity contribution in [3.05, 3.63) is 36.0 Å². The fourth-order valence-electron chi connectivity index (χ4n) is 2.51. The van der Waals surface area contributed by atoms with Gasteiger partial charge in [0.15, 0.2) is 0 Å². The van der Waals surface area contributed by atoms with Crippen LogP contribution in [0.3, 0.4) is 0 Å². The second kappa shape index (κ2) is 5.05. The monoisotopic (exact) mass is 286 g/mol. The highest BCUT2D eigenvalue weighted by Crippen LogP contribution is 2.21. The van der Waals surface area contributed by atoms with Gasteiger partial charge in [-0.2, -0.15) is 0 Å². The molecule has 6 nitrogen and oxygen atoms in total. The summed E-state index contributed by atoms with van der Waals surface area (Å²) in [5, 5.41) is 1.53. The van der Waals surface area contributed by atoms with E-state index in [-0.39, 0.29) is 19.3 Å². The number of hydroxylamine groups is 2. The van der Waals surface area contributed by atoms with E-state index in [0.717, 1.165) is 16.5 Å². The van der Waals surface area contributed by atoms with Crippen molar-refractivity contribution < 1.29 is 19.2 Å². The SMILES string of the molecule is Cn1cc(CC(=O)ON2C(=O)CCC2=O)c2ccccc21. The predicted molar refractivity (Wildman–Crippen MR) is 73.8 cm³/mol. The van der Waals surface area contributed by atoms with Gasteiger partial charge in [-0.15, -0.1) is 5.06 Å². The van der Waals surface area contributed by atoms with Crippen molar-refractivity contribution in [3.8, 4) is 0 Å². The van der Waals surface area contributed by atoms with Crippen LogP contribution in [-0.4, -0.2) is 27.4 Å². The van der Waals surface area contributed by atoms with Gasteiger partial charge in [0.2, 0.25) is 0 Å². The second-order valence-electron chi connectivity index (χ2n) is 5.00. The van der Waals surface area contributed by atoms with Gasteiger partial charge in [-0.25, -0.2) is 4.79 Å². The number of imide groups is 1. The molecule has 2 amide bonds. The fourth-order valence-corrected chi connectivity index (χ4v) is 2.51. The van der Waals surface area contributed by atoms with Crippen LogP contribution in [0.2, 0.25) is 0 Å². The van der Waals surface area contributed by atoms with Crippen molar-refractivity contribution in [1.82, 2.24) is 9.63 Å². The van der Waals surface area contributed by atoms with Gasteiger partial charge in [0.1, 0.15) is 0 Å². The number of aromatic nitrogens is 1. The number of carbonyl (C=O) groups excluding carboxylic acids is 3. The maximum absolute atomic E-state index is 11.9. The summed E-state index contributed by atoms with van der Waals surface area (Å²) >= 11 is 0. The van der Waals surface area contributed by atoms with Crippen LogP contribution in [0, 0.1) is 0 Å². The number of hydrogen-bond acceptors (Lipinski definition) is 4. The van der Waals surface area contributed by atoms with Gasteiger partial charge < -0.3 is 9.40 Å². The molecule has 108 valence electrons. The third-order valence-corrected chi connectivity index (χ3v) is 3.51. The molecule has 0 aliphatic carbocycles. The quantitative estimate of drug-likeness (QED) is 0.798. The molecule has 1 aromatic carbocycles. The Balaban J connectivity index is 1.78. The summed E-state index contributed by atoms with van der Waals surface area (Å²) < 4.78 is 1.92. The molecule has 1 aliphatic heterocycles. The molecule has 1 aliphatic rings. The zero-order chi connectivity index (χ0) is 15.0. The molecule has 1 saturated heterocycles. The highest BCUT2D eigenvalue weighted by Gasteiger charge is 2.32. The Labute approximate surface area is 120 Å². The first-order chi connectivity index (χ1) is 10.1. The van der Waals surface area contributed by atoms with Crippen LogP contribution >= 0.6 is 0 Å². The second-order valence-corrected chi connectivity index (χ2v) is 5.00. The summed E-state index contributed by atoms with van der Waals surface area (Å²) in [4.78, 5) is 39.6. The summed E-state index contributed by atoms with van der Waals surface area (Å²) in [7, 11) is 1.89. The van der Waals surface area contributed by atoms with E-state index in [4.69, 9.17) is 4.84 Å². The van der Waals surface area contributed by atoms with Gasteiger partial charge in [-0.3, -0.25) is 9.59 Å². The first kappa shape index (κ1) is 13.4. The van der Waals surface area contributed by atoms with Gasteiger partial charge in [0.05, 0.1) is 6.42 Å². The molecule has 2 heterocycles. The number of amides is 2. The van der Waals surface area contributed by atoms with E-state index >= 15 is 0 Å². The Morgan fingerprint density at radius 1 is 1.19 bits per heavy atom. The summed E-state index contributed by atoms with van der Waals surface area (Å²) in [6.45, 7) is 0. The van der Waals surface area contributed by atoms with Gasteiger partial charge in [0.25, 0.3) is 11.8 Å². The minimum atomic E-state index is -0.616.